The molecule has 0 saturated heterocycles. The van der Waals surface area contributed by atoms with E-state index in [-0.39, 0.29) is 5.91 Å². The Morgan fingerprint density at radius 2 is 2.11 bits per heavy atom. The van der Waals surface area contributed by atoms with Gasteiger partial charge in [0, 0.05) is 17.7 Å². The fraction of sp³-hybridized carbons (Fsp3) is 0.429. The Morgan fingerprint density at radius 1 is 1.39 bits per heavy atom. The zero-order valence-corrected chi connectivity index (χ0v) is 11.8. The smallest absolute Gasteiger partial charge is 0.224 e. The number of benzene rings is 1. The van der Waals surface area contributed by atoms with Gasteiger partial charge < -0.3 is 11.1 Å². The fourth-order valence-corrected chi connectivity index (χ4v) is 1.79. The highest BCUT2D eigenvalue weighted by atomic mass is 32.1. The van der Waals surface area contributed by atoms with Gasteiger partial charge in [-0.25, -0.2) is 0 Å². The molecule has 0 unspecified atom stereocenters. The molecule has 0 aromatic heterocycles. The Hall–Kier alpha value is -1.42. The van der Waals surface area contributed by atoms with Crippen molar-refractivity contribution < 1.29 is 4.79 Å². The first-order valence-electron chi connectivity index (χ1n) is 6.25. The molecule has 0 saturated carbocycles. The van der Waals surface area contributed by atoms with Gasteiger partial charge in [0.15, 0.2) is 0 Å². The summed E-state index contributed by atoms with van der Waals surface area (Å²) in [5.41, 5.74) is 8.16. The van der Waals surface area contributed by atoms with Gasteiger partial charge in [0.2, 0.25) is 5.91 Å². The van der Waals surface area contributed by atoms with Gasteiger partial charge in [-0.05, 0) is 25.0 Å². The van der Waals surface area contributed by atoms with Gasteiger partial charge in [0.25, 0.3) is 0 Å². The van der Waals surface area contributed by atoms with Crippen LogP contribution in [0.25, 0.3) is 0 Å². The Kier molecular flexibility index (Phi) is 5.78. The van der Waals surface area contributed by atoms with Gasteiger partial charge in [-0.1, -0.05) is 44.1 Å². The second kappa shape index (κ2) is 7.11. The molecule has 1 rings (SSSR count). The summed E-state index contributed by atoms with van der Waals surface area (Å²) < 4.78 is 0. The molecule has 0 heterocycles. The highest BCUT2D eigenvalue weighted by Crippen LogP contribution is 2.17. The normalized spacial score (nSPS) is 10.1. The van der Waals surface area contributed by atoms with E-state index >= 15 is 0 Å². The first-order valence-corrected chi connectivity index (χ1v) is 6.65. The summed E-state index contributed by atoms with van der Waals surface area (Å²) in [4.78, 5) is 12.1. The van der Waals surface area contributed by atoms with Crippen molar-refractivity contribution in [3.63, 3.8) is 0 Å². The van der Waals surface area contributed by atoms with E-state index in [1.807, 2.05) is 25.1 Å². The zero-order valence-electron chi connectivity index (χ0n) is 11.0. The van der Waals surface area contributed by atoms with Crippen molar-refractivity contribution in [3.05, 3.63) is 29.3 Å². The molecule has 0 aliphatic rings. The average molecular weight is 264 g/mol. The maximum Gasteiger partial charge on any atom is 0.224 e. The Morgan fingerprint density at radius 3 is 2.72 bits per heavy atom. The lowest BCUT2D eigenvalue weighted by atomic mass is 10.1. The van der Waals surface area contributed by atoms with E-state index in [1.165, 1.54) is 0 Å². The van der Waals surface area contributed by atoms with Crippen LogP contribution in [0.1, 0.15) is 43.7 Å². The van der Waals surface area contributed by atoms with E-state index in [9.17, 15) is 4.79 Å². The van der Waals surface area contributed by atoms with Gasteiger partial charge in [-0.3, -0.25) is 4.79 Å². The van der Waals surface area contributed by atoms with Crippen LogP contribution in [0.4, 0.5) is 5.69 Å². The van der Waals surface area contributed by atoms with E-state index in [0.29, 0.717) is 11.4 Å². The molecule has 0 radical (unpaired) electrons. The standard InChI is InChI=1S/C14H20N2OS/c1-3-4-5-6-13(17)16-12-9-11(14(15)18)8-7-10(12)2/h7-9H,3-6H2,1-2H3,(H2,15,18)(H,16,17). The first kappa shape index (κ1) is 14.6. The SMILES string of the molecule is CCCCCC(=O)Nc1cc(C(N)=S)ccc1C. The Balaban J connectivity index is 2.68. The fourth-order valence-electron chi connectivity index (χ4n) is 1.66. The lowest BCUT2D eigenvalue weighted by Gasteiger charge is -2.10. The molecule has 1 amide bonds. The quantitative estimate of drug-likeness (QED) is 0.613. The van der Waals surface area contributed by atoms with Crippen molar-refractivity contribution in [2.24, 2.45) is 5.73 Å². The lowest BCUT2D eigenvalue weighted by molar-refractivity contribution is -0.116. The molecule has 0 bridgehead atoms. The summed E-state index contributed by atoms with van der Waals surface area (Å²) in [5, 5.41) is 2.91. The van der Waals surface area contributed by atoms with Crippen molar-refractivity contribution >= 4 is 28.8 Å². The molecule has 0 aliphatic heterocycles. The average Bonchev–Trinajstić information content (AvgIpc) is 2.32. The zero-order chi connectivity index (χ0) is 13.5. The lowest BCUT2D eigenvalue weighted by Crippen LogP contribution is -2.14. The number of rotatable bonds is 6. The molecule has 0 fully saturated rings. The number of hydrogen-bond donors (Lipinski definition) is 2. The monoisotopic (exact) mass is 264 g/mol. The summed E-state index contributed by atoms with van der Waals surface area (Å²) in [7, 11) is 0. The van der Waals surface area contributed by atoms with Crippen LogP contribution in [0.15, 0.2) is 18.2 Å². The van der Waals surface area contributed by atoms with Crippen LogP contribution < -0.4 is 11.1 Å². The van der Waals surface area contributed by atoms with Gasteiger partial charge in [0.05, 0.1) is 0 Å². The van der Waals surface area contributed by atoms with E-state index in [4.69, 9.17) is 18.0 Å². The maximum atomic E-state index is 11.7. The van der Waals surface area contributed by atoms with Crippen molar-refractivity contribution in [2.75, 3.05) is 5.32 Å². The van der Waals surface area contributed by atoms with Gasteiger partial charge in [0.1, 0.15) is 4.99 Å². The third-order valence-electron chi connectivity index (χ3n) is 2.80. The Bertz CT molecular complexity index is 443. The molecule has 0 atom stereocenters. The van der Waals surface area contributed by atoms with Crippen LogP contribution in [0, 0.1) is 6.92 Å². The number of anilines is 1. The number of aryl methyl sites for hydroxylation is 1. The molecule has 0 spiro atoms. The molecule has 0 aliphatic carbocycles. The number of carbonyl (C=O) groups is 1. The van der Waals surface area contributed by atoms with Crippen LogP contribution in [-0.4, -0.2) is 10.9 Å². The summed E-state index contributed by atoms with van der Waals surface area (Å²) in [6.07, 6.45) is 3.68. The number of hydrogen-bond acceptors (Lipinski definition) is 2. The highest BCUT2D eigenvalue weighted by molar-refractivity contribution is 7.80. The molecule has 18 heavy (non-hydrogen) atoms. The van der Waals surface area contributed by atoms with Crippen molar-refractivity contribution in [1.29, 1.82) is 0 Å². The second-order valence-electron chi connectivity index (χ2n) is 4.40. The molecule has 1 aromatic rings. The molecular formula is C14H20N2OS. The van der Waals surface area contributed by atoms with E-state index < -0.39 is 0 Å². The minimum absolute atomic E-state index is 0.0478. The summed E-state index contributed by atoms with van der Waals surface area (Å²) in [6, 6.07) is 5.61. The molecule has 3 nitrogen and oxygen atoms in total. The van der Waals surface area contributed by atoms with Crippen LogP contribution in [-0.2, 0) is 4.79 Å². The predicted octanol–water partition coefficient (Wildman–Crippen LogP) is 3.15. The topological polar surface area (TPSA) is 55.1 Å². The Labute approximate surface area is 114 Å². The minimum Gasteiger partial charge on any atom is -0.389 e. The van der Waals surface area contributed by atoms with Crippen LogP contribution >= 0.6 is 12.2 Å². The second-order valence-corrected chi connectivity index (χ2v) is 4.84. The maximum absolute atomic E-state index is 11.7. The summed E-state index contributed by atoms with van der Waals surface area (Å²) >= 11 is 4.93. The first-order chi connectivity index (χ1) is 8.54. The summed E-state index contributed by atoms with van der Waals surface area (Å²) in [5.74, 6) is 0.0478. The summed E-state index contributed by atoms with van der Waals surface area (Å²) in [6.45, 7) is 4.07. The van der Waals surface area contributed by atoms with Crippen molar-refractivity contribution in [2.45, 2.75) is 39.5 Å². The largest absolute Gasteiger partial charge is 0.389 e. The highest BCUT2D eigenvalue weighted by Gasteiger charge is 2.06. The number of nitrogens with two attached hydrogens (primary N) is 1. The number of amides is 1. The van der Waals surface area contributed by atoms with E-state index in [2.05, 4.69) is 12.2 Å². The van der Waals surface area contributed by atoms with E-state index in [0.717, 1.165) is 36.1 Å². The van der Waals surface area contributed by atoms with E-state index in [1.54, 1.807) is 0 Å². The molecule has 98 valence electrons. The van der Waals surface area contributed by atoms with Crippen LogP contribution in [0.3, 0.4) is 0 Å². The van der Waals surface area contributed by atoms with Crippen molar-refractivity contribution in [1.82, 2.24) is 0 Å². The molecule has 1 aromatic carbocycles. The van der Waals surface area contributed by atoms with Crippen molar-refractivity contribution in [3.8, 4) is 0 Å². The van der Waals surface area contributed by atoms with Gasteiger partial charge >= 0.3 is 0 Å². The third-order valence-corrected chi connectivity index (χ3v) is 3.04. The van der Waals surface area contributed by atoms with Gasteiger partial charge in [-0.2, -0.15) is 0 Å². The minimum atomic E-state index is 0.0478. The number of unbranched alkanes of at least 4 members (excludes halogenated alkanes) is 2. The third kappa shape index (κ3) is 4.45. The van der Waals surface area contributed by atoms with Crippen LogP contribution in [0.5, 0.6) is 0 Å². The molecule has 3 N–H and O–H groups in total. The predicted molar refractivity (Wildman–Crippen MR) is 79.8 cm³/mol. The van der Waals surface area contributed by atoms with Gasteiger partial charge in [-0.15, -0.1) is 0 Å². The molecular weight excluding hydrogens is 244 g/mol. The number of carbonyl (C=O) groups excluding carboxylic acids is 1. The number of nitrogens with one attached hydrogen (secondary N) is 1. The molecule has 4 heteroatoms. The number of thiocarbonyl (C=S) groups is 1. The van der Waals surface area contributed by atoms with Crippen LogP contribution in [0.2, 0.25) is 0 Å².